The highest BCUT2D eigenvalue weighted by Gasteiger charge is 2.61. The number of hydrogen-bond donors (Lipinski definition) is 4. The van der Waals surface area contributed by atoms with Crippen molar-refractivity contribution in [2.75, 3.05) is 12.4 Å². The van der Waals surface area contributed by atoms with Gasteiger partial charge in [-0.1, -0.05) is 45.9 Å². The van der Waals surface area contributed by atoms with E-state index < -0.39 is 53.4 Å². The number of hydrogen-bond acceptors (Lipinski definition) is 11. The SMILES string of the molecule is COC(=O)c1coc(-c2nc3oc2[C@@]24c5ccc(F)cc5NC2Oc2ccc(cc24)CC(NC(=O)[C@@H](O)C(C)C)C(=O)NC3C(C)C)n1. The second kappa shape index (κ2) is 11.5. The van der Waals surface area contributed by atoms with Crippen molar-refractivity contribution in [2.45, 2.75) is 63.9 Å². The molecule has 2 amide bonds. The summed E-state index contributed by atoms with van der Waals surface area (Å²) in [5.41, 5.74) is 1.15. The molecule has 4 N–H and O–H groups in total. The number of anilines is 1. The van der Waals surface area contributed by atoms with Crippen molar-refractivity contribution in [3.8, 4) is 17.3 Å². The summed E-state index contributed by atoms with van der Waals surface area (Å²) in [6.07, 6.45) is -0.935. The first kappa shape index (κ1) is 31.4. The second-order valence-electron chi connectivity index (χ2n) is 12.9. The molecule has 14 heteroatoms. The minimum absolute atomic E-state index is 0.0507. The van der Waals surface area contributed by atoms with Crippen LogP contribution in [0.3, 0.4) is 0 Å². The lowest BCUT2D eigenvalue weighted by molar-refractivity contribution is -0.135. The van der Waals surface area contributed by atoms with Crippen LogP contribution in [0.25, 0.3) is 11.6 Å². The first-order chi connectivity index (χ1) is 22.9. The number of rotatable bonds is 6. The lowest BCUT2D eigenvalue weighted by Gasteiger charge is -2.29. The van der Waals surface area contributed by atoms with Crippen molar-refractivity contribution in [1.82, 2.24) is 20.6 Å². The maximum Gasteiger partial charge on any atom is 0.360 e. The number of carbonyl (C=O) groups is 3. The zero-order chi connectivity index (χ0) is 34.1. The second-order valence-corrected chi connectivity index (χ2v) is 12.9. The molecule has 13 nitrogen and oxygen atoms in total. The fourth-order valence-corrected chi connectivity index (χ4v) is 6.62. The molecule has 250 valence electrons. The number of esters is 1. The Morgan fingerprint density at radius 3 is 2.62 bits per heavy atom. The van der Waals surface area contributed by atoms with Crippen molar-refractivity contribution < 1.29 is 42.2 Å². The monoisotopic (exact) mass is 659 g/mol. The van der Waals surface area contributed by atoms with Crippen LogP contribution in [0.15, 0.2) is 51.5 Å². The molecule has 0 fully saturated rings. The van der Waals surface area contributed by atoms with Gasteiger partial charge >= 0.3 is 5.97 Å². The number of benzene rings is 2. The van der Waals surface area contributed by atoms with E-state index in [4.69, 9.17) is 23.3 Å². The number of nitrogens with zero attached hydrogens (tertiary/aromatic N) is 2. The third kappa shape index (κ3) is 4.81. The minimum atomic E-state index is -1.33. The molecule has 3 aliphatic rings. The number of aliphatic hydroxyl groups excluding tert-OH is 1. The predicted molar refractivity (Wildman–Crippen MR) is 166 cm³/mol. The summed E-state index contributed by atoms with van der Waals surface area (Å²) in [6, 6.07) is 7.87. The predicted octanol–water partition coefficient (Wildman–Crippen LogP) is 3.60. The molecule has 5 atom stereocenters. The molecule has 0 saturated carbocycles. The van der Waals surface area contributed by atoms with Crippen molar-refractivity contribution in [3.05, 3.63) is 82.5 Å². The van der Waals surface area contributed by atoms with Gasteiger partial charge in [0.05, 0.1) is 7.11 Å². The third-order valence-electron chi connectivity index (χ3n) is 9.11. The summed E-state index contributed by atoms with van der Waals surface area (Å²) in [5, 5.41) is 19.5. The number of nitrogens with one attached hydrogen (secondary N) is 3. The fraction of sp³-hybridized carbons (Fsp3) is 0.382. The van der Waals surface area contributed by atoms with Crippen LogP contribution in [0.1, 0.15) is 72.6 Å². The number of methoxy groups -OCH3 is 1. The average molecular weight is 660 g/mol. The minimum Gasteiger partial charge on any atom is -0.469 e. The molecule has 4 aromatic rings. The number of aliphatic hydroxyl groups is 1. The van der Waals surface area contributed by atoms with Gasteiger partial charge in [-0.05, 0) is 41.2 Å². The maximum atomic E-state index is 14.6. The van der Waals surface area contributed by atoms with Gasteiger partial charge in [0.25, 0.3) is 0 Å². The molecule has 4 bridgehead atoms. The van der Waals surface area contributed by atoms with Crippen LogP contribution in [0.5, 0.6) is 5.75 Å². The summed E-state index contributed by atoms with van der Waals surface area (Å²) in [7, 11) is 1.22. The van der Waals surface area contributed by atoms with Gasteiger partial charge < -0.3 is 39.4 Å². The molecule has 7 rings (SSSR count). The zero-order valence-corrected chi connectivity index (χ0v) is 26.8. The van der Waals surface area contributed by atoms with Crippen molar-refractivity contribution in [1.29, 1.82) is 0 Å². The average Bonchev–Trinajstić information content (AvgIpc) is 3.83. The Balaban J connectivity index is 1.49. The molecule has 2 aromatic carbocycles. The van der Waals surface area contributed by atoms with Gasteiger partial charge in [0.2, 0.25) is 23.6 Å². The molecule has 0 radical (unpaired) electrons. The van der Waals surface area contributed by atoms with E-state index in [1.807, 2.05) is 19.9 Å². The highest BCUT2D eigenvalue weighted by molar-refractivity contribution is 5.90. The fourth-order valence-electron chi connectivity index (χ4n) is 6.62. The molecule has 0 saturated heterocycles. The summed E-state index contributed by atoms with van der Waals surface area (Å²) in [6.45, 7) is 7.14. The van der Waals surface area contributed by atoms with E-state index in [9.17, 15) is 23.9 Å². The number of ether oxygens (including phenoxy) is 2. The quantitative estimate of drug-likeness (QED) is 0.222. The molecular formula is C34H34FN5O8. The molecule has 3 unspecified atom stereocenters. The van der Waals surface area contributed by atoms with Crippen molar-refractivity contribution in [3.63, 3.8) is 0 Å². The number of oxazole rings is 2. The van der Waals surface area contributed by atoms with E-state index in [2.05, 4.69) is 20.9 Å². The Bertz CT molecular complexity index is 1950. The first-order valence-corrected chi connectivity index (χ1v) is 15.6. The van der Waals surface area contributed by atoms with Gasteiger partial charge in [-0.2, -0.15) is 0 Å². The smallest absolute Gasteiger partial charge is 0.360 e. The number of halogens is 1. The summed E-state index contributed by atoms with van der Waals surface area (Å²) in [5.74, 6) is -2.24. The largest absolute Gasteiger partial charge is 0.469 e. The Kier molecular flexibility index (Phi) is 7.50. The highest BCUT2D eigenvalue weighted by atomic mass is 19.1. The summed E-state index contributed by atoms with van der Waals surface area (Å²) in [4.78, 5) is 48.5. The Labute approximate surface area is 274 Å². The molecule has 1 spiro atoms. The number of amides is 2. The first-order valence-electron chi connectivity index (χ1n) is 15.6. The normalized spacial score (nSPS) is 22.9. The Morgan fingerprint density at radius 2 is 1.90 bits per heavy atom. The standard InChI is InChI=1S/C34H34FN5O8/c1-14(2)24-31-40-25(30-37-22(13-46-30)32(44)45-5)27(48-31)34-18-8-7-17(35)12-20(18)38-33(34)47-23-9-6-16(10-19(23)34)11-21(28(42)39-24)36-29(43)26(41)15(3)4/h6-10,12-15,21,24,26,33,38,41H,11H2,1-5H3,(H,36,43)(H,39,42)/t21?,24?,26-,33?,34-/m0/s1. The van der Waals surface area contributed by atoms with Crippen LogP contribution in [0.4, 0.5) is 10.1 Å². The lowest BCUT2D eigenvalue weighted by atomic mass is 9.72. The van der Waals surface area contributed by atoms with E-state index in [-0.39, 0.29) is 47.2 Å². The van der Waals surface area contributed by atoms with Gasteiger partial charge in [-0.15, -0.1) is 0 Å². The lowest BCUT2D eigenvalue weighted by Crippen LogP contribution is -2.52. The van der Waals surface area contributed by atoms with E-state index in [1.165, 1.54) is 19.2 Å². The molecule has 5 heterocycles. The molecule has 3 aliphatic heterocycles. The van der Waals surface area contributed by atoms with Crippen LogP contribution in [-0.4, -0.2) is 58.3 Å². The maximum absolute atomic E-state index is 14.6. The van der Waals surface area contributed by atoms with E-state index >= 15 is 0 Å². The van der Waals surface area contributed by atoms with Gasteiger partial charge in [0.1, 0.15) is 41.4 Å². The van der Waals surface area contributed by atoms with Crippen LogP contribution < -0.4 is 20.7 Å². The van der Waals surface area contributed by atoms with Crippen LogP contribution in [0, 0.1) is 17.7 Å². The number of carbonyl (C=O) groups excluding carboxylic acids is 3. The van der Waals surface area contributed by atoms with Gasteiger partial charge in [0.15, 0.2) is 23.4 Å². The molecule has 2 aromatic heterocycles. The number of fused-ring (bicyclic) bond motifs is 4. The van der Waals surface area contributed by atoms with Crippen LogP contribution in [0.2, 0.25) is 0 Å². The van der Waals surface area contributed by atoms with Gasteiger partial charge in [-0.25, -0.2) is 19.2 Å². The van der Waals surface area contributed by atoms with Gasteiger partial charge in [-0.3, -0.25) is 9.59 Å². The Hall–Kier alpha value is -5.24. The van der Waals surface area contributed by atoms with E-state index in [0.29, 0.717) is 28.1 Å². The van der Waals surface area contributed by atoms with E-state index in [0.717, 1.165) is 6.26 Å². The summed E-state index contributed by atoms with van der Waals surface area (Å²) >= 11 is 0. The molecular weight excluding hydrogens is 625 g/mol. The topological polar surface area (TPSA) is 178 Å². The Morgan fingerprint density at radius 1 is 1.10 bits per heavy atom. The van der Waals surface area contributed by atoms with Crippen LogP contribution in [-0.2, 0) is 26.2 Å². The zero-order valence-electron chi connectivity index (χ0n) is 26.8. The van der Waals surface area contributed by atoms with Gasteiger partial charge in [0, 0.05) is 17.7 Å². The summed E-state index contributed by atoms with van der Waals surface area (Å²) < 4.78 is 38.4. The van der Waals surface area contributed by atoms with E-state index in [1.54, 1.807) is 32.0 Å². The van der Waals surface area contributed by atoms with Crippen molar-refractivity contribution in [2.24, 2.45) is 11.8 Å². The van der Waals surface area contributed by atoms with Crippen LogP contribution >= 0.6 is 0 Å². The third-order valence-corrected chi connectivity index (χ3v) is 9.11. The molecule has 48 heavy (non-hydrogen) atoms. The molecule has 0 aliphatic carbocycles. The highest BCUT2D eigenvalue weighted by Crippen LogP contribution is 2.59. The number of aromatic nitrogens is 2. The van der Waals surface area contributed by atoms with Crippen molar-refractivity contribution >= 4 is 23.5 Å².